The number of hydrogen-bond donors (Lipinski definition) is 2. The fraction of sp³-hybridized carbons (Fsp3) is 0.143. The molecule has 0 fully saturated rings. The first-order valence-electron chi connectivity index (χ1n) is 3.48. The summed E-state index contributed by atoms with van der Waals surface area (Å²) >= 11 is 0. The zero-order valence-corrected chi connectivity index (χ0v) is 7.52. The molecule has 0 unspecified atom stereocenters. The van der Waals surface area contributed by atoms with Gasteiger partial charge in [-0.05, 0) is 5.56 Å². The van der Waals surface area contributed by atoms with Gasteiger partial charge in [0.2, 0.25) is 0 Å². The van der Waals surface area contributed by atoms with Crippen molar-refractivity contribution in [1.82, 2.24) is 0 Å². The van der Waals surface area contributed by atoms with Crippen LogP contribution in [-0.4, -0.2) is 14.7 Å². The Labute approximate surface area is 75.7 Å². The maximum Gasteiger partial charge on any atom is 0.269 e. The Kier molecular flexibility index (Phi) is 3.31. The number of benzene rings is 1. The summed E-state index contributed by atoms with van der Waals surface area (Å²) in [5.74, 6) is 0. The molecule has 0 saturated carbocycles. The van der Waals surface area contributed by atoms with Gasteiger partial charge in [0.05, 0.1) is 4.92 Å². The molecule has 2 N–H and O–H groups in total. The summed E-state index contributed by atoms with van der Waals surface area (Å²) in [7, 11) is -1.97. The lowest BCUT2D eigenvalue weighted by atomic mass is 10.2. The van der Waals surface area contributed by atoms with E-state index in [2.05, 4.69) is 0 Å². The van der Waals surface area contributed by atoms with Crippen LogP contribution in [0.25, 0.3) is 0 Å². The molecule has 0 heterocycles. The molecule has 0 atom stereocenters. The lowest BCUT2D eigenvalue weighted by molar-refractivity contribution is -0.384. The molecule has 0 saturated heterocycles. The third kappa shape index (κ3) is 3.06. The molecule has 1 rings (SSSR count). The first-order valence-corrected chi connectivity index (χ1v) is 4.91. The standard InChI is InChI=1S/C7H8NO4P/c9-8(10)7-3-1-6(2-4-7)5-13(11)12/h1-4,11-12H,5H2. The maximum absolute atomic E-state index is 10.2. The minimum Gasteiger partial charge on any atom is -0.350 e. The van der Waals surface area contributed by atoms with Gasteiger partial charge in [-0.15, -0.1) is 0 Å². The molecule has 0 aromatic heterocycles. The Bertz CT molecular complexity index is 298. The molecular formula is C7H8NO4P. The molecule has 13 heavy (non-hydrogen) atoms. The van der Waals surface area contributed by atoms with E-state index in [1.165, 1.54) is 24.3 Å². The van der Waals surface area contributed by atoms with Crippen molar-refractivity contribution in [2.75, 3.05) is 0 Å². The normalized spacial score (nSPS) is 10.4. The molecule has 0 spiro atoms. The highest BCUT2D eigenvalue weighted by atomic mass is 31.2. The molecular weight excluding hydrogens is 193 g/mol. The van der Waals surface area contributed by atoms with Crippen molar-refractivity contribution in [3.05, 3.63) is 39.9 Å². The van der Waals surface area contributed by atoms with E-state index in [0.29, 0.717) is 5.56 Å². The van der Waals surface area contributed by atoms with Crippen molar-refractivity contribution < 1.29 is 14.7 Å². The smallest absolute Gasteiger partial charge is 0.269 e. The van der Waals surface area contributed by atoms with Gasteiger partial charge in [0, 0.05) is 18.3 Å². The van der Waals surface area contributed by atoms with E-state index in [1.807, 2.05) is 0 Å². The van der Waals surface area contributed by atoms with Crippen LogP contribution in [0.3, 0.4) is 0 Å². The van der Waals surface area contributed by atoms with E-state index in [1.54, 1.807) is 0 Å². The third-order valence-electron chi connectivity index (χ3n) is 1.47. The zero-order chi connectivity index (χ0) is 9.84. The van der Waals surface area contributed by atoms with Gasteiger partial charge in [0.25, 0.3) is 5.69 Å². The van der Waals surface area contributed by atoms with E-state index in [0.717, 1.165) is 0 Å². The maximum atomic E-state index is 10.2. The summed E-state index contributed by atoms with van der Waals surface area (Å²) in [5, 5.41) is 10.2. The van der Waals surface area contributed by atoms with Gasteiger partial charge >= 0.3 is 0 Å². The molecule has 0 radical (unpaired) electrons. The summed E-state index contributed by atoms with van der Waals surface area (Å²) in [5.41, 5.74) is 0.686. The van der Waals surface area contributed by atoms with Crippen LogP contribution in [0.15, 0.2) is 24.3 Å². The second kappa shape index (κ2) is 4.28. The Morgan fingerprint density at radius 2 is 1.85 bits per heavy atom. The highest BCUT2D eigenvalue weighted by Gasteiger charge is 2.05. The minimum atomic E-state index is -1.97. The number of nitro benzene ring substituents is 1. The molecule has 6 heteroatoms. The predicted molar refractivity (Wildman–Crippen MR) is 48.2 cm³/mol. The largest absolute Gasteiger partial charge is 0.350 e. The van der Waals surface area contributed by atoms with Gasteiger partial charge in [-0.3, -0.25) is 10.1 Å². The quantitative estimate of drug-likeness (QED) is 0.439. The molecule has 0 aliphatic carbocycles. The van der Waals surface area contributed by atoms with Gasteiger partial charge < -0.3 is 9.79 Å². The molecule has 70 valence electrons. The summed E-state index contributed by atoms with van der Waals surface area (Å²) in [6.45, 7) is 0. The first kappa shape index (κ1) is 10.1. The number of hydrogen-bond acceptors (Lipinski definition) is 4. The molecule has 1 aromatic carbocycles. The third-order valence-corrected chi connectivity index (χ3v) is 2.12. The van der Waals surface area contributed by atoms with Gasteiger partial charge in [-0.2, -0.15) is 0 Å². The average molecular weight is 201 g/mol. The Morgan fingerprint density at radius 3 is 2.23 bits per heavy atom. The van der Waals surface area contributed by atoms with Crippen LogP contribution >= 0.6 is 8.38 Å². The minimum absolute atomic E-state index is 0.00366. The molecule has 0 amide bonds. The number of nitro groups is 1. The van der Waals surface area contributed by atoms with Crippen LogP contribution in [-0.2, 0) is 6.16 Å². The molecule has 1 aromatic rings. The topological polar surface area (TPSA) is 83.6 Å². The zero-order valence-electron chi connectivity index (χ0n) is 6.62. The van der Waals surface area contributed by atoms with Crippen LogP contribution in [0.4, 0.5) is 5.69 Å². The lowest BCUT2D eigenvalue weighted by Crippen LogP contribution is -1.88. The van der Waals surface area contributed by atoms with Crippen molar-refractivity contribution in [1.29, 1.82) is 0 Å². The van der Waals surface area contributed by atoms with Gasteiger partial charge in [0.15, 0.2) is 8.38 Å². The SMILES string of the molecule is O=[N+]([O-])c1ccc(CP(O)O)cc1. The van der Waals surface area contributed by atoms with Crippen LogP contribution in [0.2, 0.25) is 0 Å². The Morgan fingerprint density at radius 1 is 1.31 bits per heavy atom. The lowest BCUT2D eigenvalue weighted by Gasteiger charge is -2.01. The Balaban J connectivity index is 2.75. The molecule has 0 bridgehead atoms. The van der Waals surface area contributed by atoms with E-state index in [9.17, 15) is 10.1 Å². The van der Waals surface area contributed by atoms with Crippen LogP contribution in [0.5, 0.6) is 0 Å². The Hall–Kier alpha value is -1.03. The number of rotatable bonds is 3. The number of non-ortho nitro benzene ring substituents is 1. The van der Waals surface area contributed by atoms with Gasteiger partial charge in [-0.25, -0.2) is 0 Å². The van der Waals surface area contributed by atoms with Crippen LogP contribution in [0, 0.1) is 10.1 Å². The molecule has 5 nitrogen and oxygen atoms in total. The monoisotopic (exact) mass is 201 g/mol. The van der Waals surface area contributed by atoms with E-state index < -0.39 is 13.3 Å². The average Bonchev–Trinajstić information content (AvgIpc) is 2.04. The van der Waals surface area contributed by atoms with Crippen LogP contribution in [0.1, 0.15) is 5.56 Å². The van der Waals surface area contributed by atoms with Crippen molar-refractivity contribution in [2.24, 2.45) is 0 Å². The second-order valence-electron chi connectivity index (χ2n) is 2.45. The van der Waals surface area contributed by atoms with Crippen molar-refractivity contribution in [2.45, 2.75) is 6.16 Å². The summed E-state index contributed by atoms with van der Waals surface area (Å²) < 4.78 is 0. The highest BCUT2D eigenvalue weighted by molar-refractivity contribution is 7.44. The molecule has 0 aliphatic rings. The fourth-order valence-electron chi connectivity index (χ4n) is 0.886. The molecule has 0 aliphatic heterocycles. The van der Waals surface area contributed by atoms with Gasteiger partial charge in [-0.1, -0.05) is 12.1 Å². The van der Waals surface area contributed by atoms with E-state index in [4.69, 9.17) is 9.79 Å². The fourth-order valence-corrected chi connectivity index (χ4v) is 1.42. The van der Waals surface area contributed by atoms with Crippen LogP contribution < -0.4 is 0 Å². The van der Waals surface area contributed by atoms with Crippen molar-refractivity contribution >= 4 is 14.1 Å². The first-order chi connectivity index (χ1) is 6.09. The summed E-state index contributed by atoms with van der Waals surface area (Å²) in [6.07, 6.45) is 0.146. The summed E-state index contributed by atoms with van der Waals surface area (Å²) in [6, 6.07) is 5.71. The van der Waals surface area contributed by atoms with E-state index in [-0.39, 0.29) is 11.8 Å². The highest BCUT2D eigenvalue weighted by Crippen LogP contribution is 2.29. The second-order valence-corrected chi connectivity index (χ2v) is 3.51. The predicted octanol–water partition coefficient (Wildman–Crippen LogP) is 1.39. The van der Waals surface area contributed by atoms with E-state index >= 15 is 0 Å². The van der Waals surface area contributed by atoms with Crippen molar-refractivity contribution in [3.8, 4) is 0 Å². The van der Waals surface area contributed by atoms with Gasteiger partial charge in [0.1, 0.15) is 0 Å². The number of nitrogens with zero attached hydrogens (tertiary/aromatic N) is 1. The summed E-state index contributed by atoms with van der Waals surface area (Å²) in [4.78, 5) is 27.1. The van der Waals surface area contributed by atoms with Crippen molar-refractivity contribution in [3.63, 3.8) is 0 Å².